The van der Waals surface area contributed by atoms with Gasteiger partial charge in [0.25, 0.3) is 0 Å². The summed E-state index contributed by atoms with van der Waals surface area (Å²) in [5.74, 6) is -8.20. The Labute approximate surface area is 136 Å². The minimum Gasteiger partial charge on any atom is -0.389 e. The summed E-state index contributed by atoms with van der Waals surface area (Å²) in [5, 5.41) is 2.95. The maximum Gasteiger partial charge on any atom is 0.199 e. The summed E-state index contributed by atoms with van der Waals surface area (Å²) >= 11 is 0. The van der Waals surface area contributed by atoms with E-state index in [2.05, 4.69) is 9.89 Å². The Morgan fingerprint density at radius 2 is 1.58 bits per heavy atom. The fourth-order valence-corrected chi connectivity index (χ4v) is 3.68. The number of halogens is 4. The van der Waals surface area contributed by atoms with E-state index >= 15 is 0 Å². The molecule has 0 radical (unpaired) electrons. The van der Waals surface area contributed by atoms with Crippen LogP contribution in [0.25, 0.3) is 0 Å². The van der Waals surface area contributed by atoms with Crippen molar-refractivity contribution in [3.05, 3.63) is 34.4 Å². The second kappa shape index (κ2) is 6.32. The van der Waals surface area contributed by atoms with Gasteiger partial charge in [0.15, 0.2) is 38.1 Å². The molecule has 24 heavy (non-hydrogen) atoms. The Hall–Kier alpha value is -1.68. The molecule has 0 aliphatic carbocycles. The van der Waals surface area contributed by atoms with Gasteiger partial charge in [0.2, 0.25) is 0 Å². The van der Waals surface area contributed by atoms with Crippen LogP contribution in [0.4, 0.5) is 17.6 Å². The average molecular weight is 369 g/mol. The van der Waals surface area contributed by atoms with Crippen molar-refractivity contribution in [2.75, 3.05) is 7.11 Å². The Bertz CT molecular complexity index is 776. The van der Waals surface area contributed by atoms with E-state index in [0.717, 1.165) is 7.11 Å². The molecule has 0 atom stereocenters. The van der Waals surface area contributed by atoms with Gasteiger partial charge in [-0.1, -0.05) is 5.16 Å². The average Bonchev–Trinajstić information content (AvgIpc) is 2.87. The van der Waals surface area contributed by atoms with E-state index in [1.807, 2.05) is 0 Å². The number of rotatable bonds is 4. The van der Waals surface area contributed by atoms with Crippen molar-refractivity contribution in [3.63, 3.8) is 0 Å². The molecule has 1 aromatic rings. The van der Waals surface area contributed by atoms with Crippen LogP contribution in [-0.4, -0.2) is 26.2 Å². The number of hydrogen-bond donors (Lipinski definition) is 0. The van der Waals surface area contributed by atoms with Crippen LogP contribution in [0.1, 0.15) is 31.4 Å². The highest BCUT2D eigenvalue weighted by Crippen LogP contribution is 2.30. The number of ether oxygens (including phenoxy) is 1. The van der Waals surface area contributed by atoms with Crippen LogP contribution in [0.3, 0.4) is 0 Å². The predicted octanol–water partition coefficient (Wildman–Crippen LogP) is 2.82. The van der Waals surface area contributed by atoms with Crippen molar-refractivity contribution >= 4 is 14.9 Å². The summed E-state index contributed by atoms with van der Waals surface area (Å²) < 4.78 is 84.7. The summed E-state index contributed by atoms with van der Waals surface area (Å²) in [6.07, 6.45) is -0.120. The molecule has 0 aromatic heterocycles. The molecule has 0 bridgehead atoms. The van der Waals surface area contributed by atoms with Gasteiger partial charge in [-0.15, -0.1) is 0 Å². The molecule has 1 aliphatic rings. The molecule has 1 heterocycles. The van der Waals surface area contributed by atoms with E-state index < -0.39 is 67.2 Å². The lowest BCUT2D eigenvalue weighted by Crippen LogP contribution is -2.24. The van der Waals surface area contributed by atoms with Gasteiger partial charge in [-0.2, -0.15) is 0 Å². The number of sulfone groups is 1. The molecule has 0 saturated carbocycles. The zero-order chi connectivity index (χ0) is 18.3. The van der Waals surface area contributed by atoms with Gasteiger partial charge in [0, 0.05) is 19.1 Å². The molecule has 10 heteroatoms. The molecule has 2 rings (SSSR count). The minimum atomic E-state index is -4.31. The highest BCUT2D eigenvalue weighted by atomic mass is 32.2. The van der Waals surface area contributed by atoms with E-state index in [0.29, 0.717) is 0 Å². The molecular formula is C14H15F4NO4S. The molecule has 0 spiro atoms. The lowest BCUT2D eigenvalue weighted by atomic mass is 10.1. The van der Waals surface area contributed by atoms with Gasteiger partial charge in [-0.3, -0.25) is 0 Å². The van der Waals surface area contributed by atoms with Crippen molar-refractivity contribution in [2.45, 2.75) is 38.2 Å². The fourth-order valence-electron chi connectivity index (χ4n) is 2.16. The van der Waals surface area contributed by atoms with Crippen LogP contribution in [0.5, 0.6) is 0 Å². The molecule has 0 N–H and O–H groups in total. The normalized spacial score (nSPS) is 16.9. The summed E-state index contributed by atoms with van der Waals surface area (Å²) in [4.78, 5) is 4.89. The number of oxime groups is 1. The first-order valence-corrected chi connectivity index (χ1v) is 8.46. The topological polar surface area (TPSA) is 65.0 Å². The van der Waals surface area contributed by atoms with E-state index in [-0.39, 0.29) is 6.42 Å². The number of methoxy groups -OCH3 is 1. The predicted molar refractivity (Wildman–Crippen MR) is 76.8 cm³/mol. The first-order valence-electron chi connectivity index (χ1n) is 6.80. The Morgan fingerprint density at radius 1 is 1.08 bits per heavy atom. The fraction of sp³-hybridized carbons (Fsp3) is 0.500. The summed E-state index contributed by atoms with van der Waals surface area (Å²) in [7, 11) is -3.22. The Kier molecular flexibility index (Phi) is 4.91. The SMILES string of the molecule is COCc1c(F)c(F)c(CS(=O)(=O)C2=NOC(C)(C)C2)c(F)c1F. The molecule has 5 nitrogen and oxygen atoms in total. The zero-order valence-corrected chi connectivity index (χ0v) is 13.9. The van der Waals surface area contributed by atoms with Crippen molar-refractivity contribution in [2.24, 2.45) is 5.16 Å². The number of benzene rings is 1. The smallest absolute Gasteiger partial charge is 0.199 e. The van der Waals surface area contributed by atoms with Gasteiger partial charge in [-0.25, -0.2) is 26.0 Å². The molecular weight excluding hydrogens is 354 g/mol. The minimum absolute atomic E-state index is 0.120. The zero-order valence-electron chi connectivity index (χ0n) is 13.1. The maximum absolute atomic E-state index is 14.0. The third kappa shape index (κ3) is 3.39. The van der Waals surface area contributed by atoms with Crippen LogP contribution in [0, 0.1) is 23.3 Å². The van der Waals surface area contributed by atoms with Gasteiger partial charge >= 0.3 is 0 Å². The summed E-state index contributed by atoms with van der Waals surface area (Å²) in [6.45, 7) is 2.44. The third-order valence-corrected chi connectivity index (χ3v) is 5.00. The van der Waals surface area contributed by atoms with Crippen molar-refractivity contribution in [3.8, 4) is 0 Å². The van der Waals surface area contributed by atoms with Crippen molar-refractivity contribution < 1.29 is 35.6 Å². The Balaban J connectivity index is 2.44. The van der Waals surface area contributed by atoms with E-state index in [4.69, 9.17) is 4.84 Å². The number of nitrogens with zero attached hydrogens (tertiary/aromatic N) is 1. The molecule has 134 valence electrons. The van der Waals surface area contributed by atoms with E-state index in [1.165, 1.54) is 0 Å². The van der Waals surface area contributed by atoms with Gasteiger partial charge in [0.05, 0.1) is 17.9 Å². The highest BCUT2D eigenvalue weighted by molar-refractivity contribution is 8.05. The van der Waals surface area contributed by atoms with Gasteiger partial charge in [-0.05, 0) is 13.8 Å². The first-order chi connectivity index (χ1) is 11.0. The maximum atomic E-state index is 14.0. The monoisotopic (exact) mass is 369 g/mol. The second-order valence-corrected chi connectivity index (χ2v) is 7.91. The Morgan fingerprint density at radius 3 is 2.00 bits per heavy atom. The lowest BCUT2D eigenvalue weighted by Gasteiger charge is -2.14. The summed E-state index contributed by atoms with van der Waals surface area (Å²) in [6, 6.07) is 0. The lowest BCUT2D eigenvalue weighted by molar-refractivity contribution is 0.0123. The largest absolute Gasteiger partial charge is 0.389 e. The molecule has 0 amide bonds. The van der Waals surface area contributed by atoms with E-state index in [9.17, 15) is 26.0 Å². The molecule has 0 fully saturated rings. The standard InChI is InChI=1S/C14H15F4NO4S/c1-14(2)4-9(19-23-14)24(20,21)6-8-12(17)10(15)7(5-22-3)11(16)13(8)18/h4-6H2,1-3H3. The van der Waals surface area contributed by atoms with Crippen LogP contribution >= 0.6 is 0 Å². The summed E-state index contributed by atoms with van der Waals surface area (Å²) in [5.41, 5.74) is -3.06. The van der Waals surface area contributed by atoms with Crippen LogP contribution < -0.4 is 0 Å². The van der Waals surface area contributed by atoms with Crippen LogP contribution in [0.15, 0.2) is 5.16 Å². The third-order valence-electron chi connectivity index (χ3n) is 3.40. The van der Waals surface area contributed by atoms with Gasteiger partial charge in [0.1, 0.15) is 5.60 Å². The quantitative estimate of drug-likeness (QED) is 0.605. The molecule has 1 aliphatic heterocycles. The molecule has 0 saturated heterocycles. The first kappa shape index (κ1) is 18.7. The molecule has 1 aromatic carbocycles. The highest BCUT2D eigenvalue weighted by Gasteiger charge is 2.38. The van der Waals surface area contributed by atoms with E-state index in [1.54, 1.807) is 13.8 Å². The van der Waals surface area contributed by atoms with Crippen molar-refractivity contribution in [1.82, 2.24) is 0 Å². The van der Waals surface area contributed by atoms with Gasteiger partial charge < -0.3 is 9.57 Å². The second-order valence-electron chi connectivity index (χ2n) is 5.92. The van der Waals surface area contributed by atoms with Crippen LogP contribution in [-0.2, 0) is 31.8 Å². The van der Waals surface area contributed by atoms with Crippen LogP contribution in [0.2, 0.25) is 0 Å². The number of hydrogen-bond acceptors (Lipinski definition) is 5. The van der Waals surface area contributed by atoms with Crippen molar-refractivity contribution in [1.29, 1.82) is 0 Å². The molecule has 0 unspecified atom stereocenters.